The van der Waals surface area contributed by atoms with Gasteiger partial charge >= 0.3 is 0 Å². The van der Waals surface area contributed by atoms with Crippen LogP contribution in [-0.4, -0.2) is 25.7 Å². The van der Waals surface area contributed by atoms with E-state index >= 15 is 0 Å². The van der Waals surface area contributed by atoms with Crippen molar-refractivity contribution in [2.75, 3.05) is 5.32 Å². The van der Waals surface area contributed by atoms with E-state index in [4.69, 9.17) is 0 Å². The lowest BCUT2D eigenvalue weighted by molar-refractivity contribution is -0.123. The van der Waals surface area contributed by atoms with Crippen molar-refractivity contribution in [3.63, 3.8) is 0 Å². The Hall–Kier alpha value is -3.54. The number of nitrogens with one attached hydrogen (secondary N) is 1. The Labute approximate surface area is 156 Å². The van der Waals surface area contributed by atoms with Gasteiger partial charge in [0.1, 0.15) is 5.54 Å². The van der Waals surface area contributed by atoms with E-state index in [0.717, 1.165) is 22.0 Å². The average Bonchev–Trinajstić information content (AvgIpc) is 3.20. The summed E-state index contributed by atoms with van der Waals surface area (Å²) in [5, 5.41) is 8.31. The summed E-state index contributed by atoms with van der Waals surface area (Å²) in [6.07, 6.45) is 8.76. The first-order chi connectivity index (χ1) is 13.0. The highest BCUT2D eigenvalue weighted by molar-refractivity contribution is 5.97. The monoisotopic (exact) mass is 357 g/mol. The molecule has 0 saturated heterocycles. The summed E-state index contributed by atoms with van der Waals surface area (Å²) in [5.41, 5.74) is 2.55. The van der Waals surface area contributed by atoms with E-state index in [9.17, 15) is 4.79 Å². The molecule has 0 aliphatic rings. The van der Waals surface area contributed by atoms with E-state index in [1.807, 2.05) is 62.5 Å². The number of fused-ring (bicyclic) bond motifs is 1. The second kappa shape index (κ2) is 6.64. The van der Waals surface area contributed by atoms with Crippen LogP contribution in [0.25, 0.3) is 22.0 Å². The molecular weight excluding hydrogens is 338 g/mol. The Bertz CT molecular complexity index is 1100. The number of hydrogen-bond acceptors (Lipinski definition) is 4. The first-order valence-electron chi connectivity index (χ1n) is 8.66. The summed E-state index contributed by atoms with van der Waals surface area (Å²) >= 11 is 0. The minimum atomic E-state index is -0.869. The molecule has 0 bridgehead atoms. The Morgan fingerprint density at radius 1 is 1.04 bits per heavy atom. The molecule has 4 aromatic rings. The fourth-order valence-electron chi connectivity index (χ4n) is 2.84. The molecule has 0 atom stereocenters. The summed E-state index contributed by atoms with van der Waals surface area (Å²) in [5.74, 6) is -0.166. The van der Waals surface area contributed by atoms with E-state index in [-0.39, 0.29) is 5.91 Å². The molecule has 27 heavy (non-hydrogen) atoms. The van der Waals surface area contributed by atoms with Crippen LogP contribution in [0.5, 0.6) is 0 Å². The van der Waals surface area contributed by atoms with E-state index in [1.54, 1.807) is 29.5 Å². The predicted molar refractivity (Wildman–Crippen MR) is 105 cm³/mol. The minimum Gasteiger partial charge on any atom is -0.323 e. The van der Waals surface area contributed by atoms with Gasteiger partial charge in [-0.3, -0.25) is 19.4 Å². The molecule has 0 saturated carbocycles. The summed E-state index contributed by atoms with van der Waals surface area (Å²) in [7, 11) is 0. The molecule has 1 amide bonds. The molecule has 0 aliphatic heterocycles. The van der Waals surface area contributed by atoms with Gasteiger partial charge in [-0.15, -0.1) is 0 Å². The number of carbonyl (C=O) groups is 1. The van der Waals surface area contributed by atoms with Crippen molar-refractivity contribution in [1.82, 2.24) is 19.7 Å². The van der Waals surface area contributed by atoms with Gasteiger partial charge in [0, 0.05) is 35.1 Å². The second-order valence-corrected chi connectivity index (χ2v) is 6.85. The number of amides is 1. The van der Waals surface area contributed by atoms with Crippen molar-refractivity contribution in [3.8, 4) is 11.1 Å². The largest absolute Gasteiger partial charge is 0.323 e. The zero-order valence-corrected chi connectivity index (χ0v) is 15.1. The highest BCUT2D eigenvalue weighted by atomic mass is 16.2. The fraction of sp³-hybridized carbons (Fsp3) is 0.143. The maximum absolute atomic E-state index is 12.9. The highest BCUT2D eigenvalue weighted by Crippen LogP contribution is 2.23. The third kappa shape index (κ3) is 3.29. The van der Waals surface area contributed by atoms with Gasteiger partial charge in [0.2, 0.25) is 0 Å². The number of pyridine rings is 2. The summed E-state index contributed by atoms with van der Waals surface area (Å²) in [6, 6.07) is 13.5. The lowest BCUT2D eigenvalue weighted by Gasteiger charge is -2.24. The number of para-hydroxylation sites is 1. The normalized spacial score (nSPS) is 11.5. The van der Waals surface area contributed by atoms with Gasteiger partial charge in [-0.1, -0.05) is 24.3 Å². The quantitative estimate of drug-likeness (QED) is 0.602. The molecule has 0 unspecified atom stereocenters. The molecule has 1 N–H and O–H groups in total. The summed E-state index contributed by atoms with van der Waals surface area (Å²) in [4.78, 5) is 21.4. The fourth-order valence-corrected chi connectivity index (χ4v) is 2.84. The second-order valence-electron chi connectivity index (χ2n) is 6.85. The number of carbonyl (C=O) groups excluding carboxylic acids is 1. The van der Waals surface area contributed by atoms with Crippen LogP contribution in [0.3, 0.4) is 0 Å². The molecule has 1 aromatic carbocycles. The van der Waals surface area contributed by atoms with Crippen LogP contribution < -0.4 is 5.32 Å². The van der Waals surface area contributed by atoms with Gasteiger partial charge in [0.25, 0.3) is 5.91 Å². The standard InChI is InChI=1S/C21H19N5O/c1-21(2,26-14-17(12-24-26)16-7-5-9-22-11-16)20(27)25-18-10-15-6-3-4-8-19(15)23-13-18/h3-14H,1-2H3,(H,25,27). The van der Waals surface area contributed by atoms with Gasteiger partial charge in [0.05, 0.1) is 23.6 Å². The number of anilines is 1. The van der Waals surface area contributed by atoms with E-state index < -0.39 is 5.54 Å². The molecule has 3 heterocycles. The molecule has 6 nitrogen and oxygen atoms in total. The number of hydrogen-bond donors (Lipinski definition) is 1. The molecule has 0 radical (unpaired) electrons. The lowest BCUT2D eigenvalue weighted by Crippen LogP contribution is -2.40. The highest BCUT2D eigenvalue weighted by Gasteiger charge is 2.31. The molecule has 4 rings (SSSR count). The van der Waals surface area contributed by atoms with Crippen LogP contribution in [0.2, 0.25) is 0 Å². The first-order valence-corrected chi connectivity index (χ1v) is 8.66. The Kier molecular flexibility index (Phi) is 4.16. The van der Waals surface area contributed by atoms with Gasteiger partial charge in [-0.2, -0.15) is 5.10 Å². The molecule has 3 aromatic heterocycles. The van der Waals surface area contributed by atoms with E-state index in [0.29, 0.717) is 5.69 Å². The van der Waals surface area contributed by atoms with Gasteiger partial charge in [-0.25, -0.2) is 0 Å². The SMILES string of the molecule is CC(C)(C(=O)Nc1cnc2ccccc2c1)n1cc(-c2cccnc2)cn1. The van der Waals surface area contributed by atoms with Gasteiger partial charge < -0.3 is 5.32 Å². The molecule has 134 valence electrons. The maximum Gasteiger partial charge on any atom is 0.251 e. The van der Waals surface area contributed by atoms with Gasteiger partial charge in [0.15, 0.2) is 0 Å². The van der Waals surface area contributed by atoms with Crippen LogP contribution >= 0.6 is 0 Å². The zero-order chi connectivity index (χ0) is 18.9. The van der Waals surface area contributed by atoms with Crippen LogP contribution in [-0.2, 0) is 10.3 Å². The lowest BCUT2D eigenvalue weighted by atomic mass is 10.0. The molecule has 0 fully saturated rings. The van der Waals surface area contributed by atoms with Crippen molar-refractivity contribution < 1.29 is 4.79 Å². The van der Waals surface area contributed by atoms with E-state index in [2.05, 4.69) is 20.4 Å². The smallest absolute Gasteiger partial charge is 0.251 e. The van der Waals surface area contributed by atoms with Crippen molar-refractivity contribution in [3.05, 3.63) is 73.4 Å². The minimum absolute atomic E-state index is 0.166. The Morgan fingerprint density at radius 3 is 2.70 bits per heavy atom. The third-order valence-corrected chi connectivity index (χ3v) is 4.55. The Morgan fingerprint density at radius 2 is 1.89 bits per heavy atom. The van der Waals surface area contributed by atoms with Gasteiger partial charge in [-0.05, 0) is 32.0 Å². The molecule has 0 spiro atoms. The van der Waals surface area contributed by atoms with Crippen LogP contribution in [0.15, 0.2) is 73.4 Å². The van der Waals surface area contributed by atoms with Crippen LogP contribution in [0.1, 0.15) is 13.8 Å². The third-order valence-electron chi connectivity index (χ3n) is 4.55. The summed E-state index contributed by atoms with van der Waals surface area (Å²) in [6.45, 7) is 3.66. The van der Waals surface area contributed by atoms with Crippen LogP contribution in [0.4, 0.5) is 5.69 Å². The van der Waals surface area contributed by atoms with Crippen molar-refractivity contribution in [2.45, 2.75) is 19.4 Å². The number of benzene rings is 1. The van der Waals surface area contributed by atoms with Crippen molar-refractivity contribution in [1.29, 1.82) is 0 Å². The number of aromatic nitrogens is 4. The molecule has 0 aliphatic carbocycles. The van der Waals surface area contributed by atoms with Crippen molar-refractivity contribution >= 4 is 22.5 Å². The maximum atomic E-state index is 12.9. The average molecular weight is 357 g/mol. The zero-order valence-electron chi connectivity index (χ0n) is 15.1. The first kappa shape index (κ1) is 16.9. The molecule has 6 heteroatoms. The predicted octanol–water partition coefficient (Wildman–Crippen LogP) is 3.87. The number of rotatable bonds is 4. The van der Waals surface area contributed by atoms with E-state index in [1.165, 1.54) is 0 Å². The van der Waals surface area contributed by atoms with Crippen LogP contribution in [0, 0.1) is 0 Å². The van der Waals surface area contributed by atoms with Crippen molar-refractivity contribution in [2.24, 2.45) is 0 Å². The summed E-state index contributed by atoms with van der Waals surface area (Å²) < 4.78 is 1.67. The molecular formula is C21H19N5O. The topological polar surface area (TPSA) is 72.7 Å². The number of nitrogens with zero attached hydrogens (tertiary/aromatic N) is 4. The Balaban J connectivity index is 1.57.